The molecule has 40 heteroatoms. The van der Waals surface area contributed by atoms with E-state index in [0.717, 1.165) is 240 Å². The fourth-order valence-electron chi connectivity index (χ4n) is 15.9. The SMILES string of the molecule is CC#N.COC(=O)c1ccc2nc(CN3CCC(c4cccc(=O)[nH]4)CC3)n(C[C@@H]3CCO3)c2c1.COC(=O)c1ccc2nc(CN3CCC(c4cccc(OCc5ccn(C)n5)n4)CC3)n(C[C@@H]3CCO3)c2c1.Cn1ccc(CBr)n1.Cn1ccc(COc2cccc(C3CCN(Cc4nc5ccc(C(=O)O)cc5n4C[C@@H]4CCO4)CC3)n2)n1.O=CO[O-].[Cs+].[Cs+].[H-].[I-].[Li+].[OH-]. The molecule has 15 heterocycles. The molecule has 0 unspecified atom stereocenters. The van der Waals surface area contributed by atoms with Gasteiger partial charge in [0.15, 0.2) is 0 Å². The zero-order valence-electron chi connectivity index (χ0n) is 75.4. The van der Waals surface area contributed by atoms with E-state index >= 15 is 0 Å². The number of carboxylic acids is 1. The zero-order valence-corrected chi connectivity index (χ0v) is 90.7. The molecule has 6 aliphatic rings. The Labute approximate surface area is 904 Å². The van der Waals surface area contributed by atoms with Gasteiger partial charge in [0, 0.05) is 125 Å². The maximum atomic E-state index is 12.2. The van der Waals surface area contributed by atoms with E-state index in [1.54, 1.807) is 56.5 Å². The van der Waals surface area contributed by atoms with Gasteiger partial charge in [0.2, 0.25) is 17.3 Å². The summed E-state index contributed by atoms with van der Waals surface area (Å²) in [6.07, 6.45) is 15.4. The smallest absolute Gasteiger partial charge is 1.00 e. The molecule has 0 spiro atoms. The van der Waals surface area contributed by atoms with Gasteiger partial charge in [-0.3, -0.25) is 38.3 Å². The van der Waals surface area contributed by atoms with Crippen LogP contribution in [0.5, 0.6) is 11.8 Å². The zero-order chi connectivity index (χ0) is 87.0. The minimum atomic E-state index is -0.928. The number of piperidine rings is 3. The summed E-state index contributed by atoms with van der Waals surface area (Å²) in [6, 6.07) is 41.3. The van der Waals surface area contributed by atoms with Crippen LogP contribution in [0.4, 0.5) is 0 Å². The van der Waals surface area contributed by atoms with Gasteiger partial charge in [-0.15, -0.1) is 0 Å². The number of pyridine rings is 3. The number of aryl methyl sites for hydroxylation is 3. The fraction of sp³-hybridized carbons (Fsp3) is 0.438. The number of aromatic carboxylic acids is 1. The molecule has 3 atom stereocenters. The summed E-state index contributed by atoms with van der Waals surface area (Å²) in [4.78, 5) is 93.3. The van der Waals surface area contributed by atoms with Crippen LogP contribution < -0.4 is 201 Å². The Balaban J connectivity index is 0.000000242. The molecule has 0 amide bonds. The summed E-state index contributed by atoms with van der Waals surface area (Å²) >= 11 is 3.29. The van der Waals surface area contributed by atoms with Crippen LogP contribution >= 0.6 is 15.9 Å². The number of methoxy groups -OCH3 is 2. The van der Waals surface area contributed by atoms with Crippen molar-refractivity contribution in [2.45, 2.75) is 159 Å². The van der Waals surface area contributed by atoms with Crippen LogP contribution in [0.2, 0.25) is 0 Å². The van der Waals surface area contributed by atoms with Gasteiger partial charge in [0.25, 0.3) is 6.47 Å². The summed E-state index contributed by atoms with van der Waals surface area (Å²) in [5.41, 5.74) is 12.7. The molecular weight excluding hydrogens is 2070 g/mol. The molecule has 6 saturated heterocycles. The number of halogens is 2. The third kappa shape index (κ3) is 30.5. The molecule has 35 nitrogen and oxygen atoms in total. The first-order valence-electron chi connectivity index (χ1n) is 41.7. The number of carboxylic acid groups (broad SMARTS) is 1. The molecule has 18 rings (SSSR count). The van der Waals surface area contributed by atoms with Crippen molar-refractivity contribution >= 4 is 73.4 Å². The van der Waals surface area contributed by atoms with Gasteiger partial charge < -0.3 is 98.0 Å². The van der Waals surface area contributed by atoms with Crippen molar-refractivity contribution in [3.8, 4) is 17.8 Å². The summed E-state index contributed by atoms with van der Waals surface area (Å²) < 4.78 is 50.7. The normalized spacial score (nSPS) is 16.7. The van der Waals surface area contributed by atoms with Crippen molar-refractivity contribution in [3.05, 3.63) is 225 Å². The molecule has 9 aromatic heterocycles. The Morgan fingerprint density at radius 3 is 1.19 bits per heavy atom. The minimum Gasteiger partial charge on any atom is -1.00 e. The number of nitrogens with zero attached hydrogens (tertiary/aromatic N) is 18. The topological polar surface area (TPSA) is 414 Å². The number of imidazole rings is 3. The molecule has 0 radical (unpaired) electrons. The number of benzene rings is 3. The minimum absolute atomic E-state index is 0. The third-order valence-electron chi connectivity index (χ3n) is 22.7. The Hall–Kier alpha value is -6.49. The predicted molar refractivity (Wildman–Crippen MR) is 462 cm³/mol. The Morgan fingerprint density at radius 2 is 0.884 bits per heavy atom. The molecule has 672 valence electrons. The number of carbonyl (C=O) groups excluding carboxylic acids is 3. The number of alkyl halides is 1. The van der Waals surface area contributed by atoms with E-state index in [-0.39, 0.29) is 235 Å². The second kappa shape index (κ2) is 54.2. The molecule has 0 bridgehead atoms. The number of H-pyrrole nitrogens is 1. The average Bonchev–Trinajstić information content (AvgIpc) is 1.64. The number of hydrogen-bond donors (Lipinski definition) is 2. The van der Waals surface area contributed by atoms with E-state index < -0.39 is 5.97 Å². The van der Waals surface area contributed by atoms with E-state index in [4.69, 9.17) is 73.4 Å². The van der Waals surface area contributed by atoms with E-state index in [9.17, 15) is 24.3 Å². The number of rotatable bonds is 26. The van der Waals surface area contributed by atoms with Crippen molar-refractivity contribution in [3.63, 3.8) is 0 Å². The number of fused-ring (bicyclic) bond motifs is 3. The van der Waals surface area contributed by atoms with Crippen LogP contribution in [0.1, 0.15) is 167 Å². The van der Waals surface area contributed by atoms with E-state index in [1.807, 2.05) is 119 Å². The van der Waals surface area contributed by atoms with E-state index in [0.29, 0.717) is 60.4 Å². The van der Waals surface area contributed by atoms with Crippen LogP contribution in [0.25, 0.3) is 33.1 Å². The van der Waals surface area contributed by atoms with E-state index in [2.05, 4.69) is 81.6 Å². The first-order valence-corrected chi connectivity index (χ1v) is 42.8. The third-order valence-corrected chi connectivity index (χ3v) is 23.3. The molecule has 12 aromatic rings. The number of ether oxygens (including phenoxy) is 7. The van der Waals surface area contributed by atoms with Crippen LogP contribution in [0.3, 0.4) is 0 Å². The molecule has 0 aliphatic carbocycles. The number of esters is 2. The number of likely N-dealkylation sites (tertiary alicyclic amines) is 3. The number of nitrogens with one attached hydrogen (secondary N) is 1. The van der Waals surface area contributed by atoms with Gasteiger partial charge in [-0.1, -0.05) is 34.1 Å². The standard InChI is InChI=1S/C29H34N6O4.C28H32N6O4.C24H28N4O4.C5H7BrN2.C2H3N.CH2O3.2Cs.HI.Li.H2O.H/c1-33-12-10-22(32-33)19-39-28-5-3-4-24(31-28)20-8-13-34(14-9-20)18-27-30-25-7-6-21(29(36)37-2)16-26(25)35(27)17-23-11-15-38-23;1-32-11-9-21(31-32)18-38-27-4-2-3-23(30-27)19-7-12-33(13-8-19)17-26-29-24-6-5-20(28(35)36)15-25(24)34(26)16-22-10-14-37-22;1-31-24(30)17-5-6-20-21(13-17)28(14-18-9-12-32-18)22(25-20)15-27-10-7-16(8-11-27)19-3-2-4-23(29)26-19;1-8-3-2-5(4-6)7-8;1-2-3;2-1-4-3;;;;;;/h3-7,10,12,16,20,23H,8-9,11,13-15,17-19H2,1-2H3;2-6,9,11,15,19,22H,7-8,10,12-14,16-18H2,1H3,(H,35,36);2-6,13,16,18H,7-12,14-15H2,1H3,(H,26,29);2-3H,4H2,1H3;1H3;1,3H;;;1H;;1H2;/q;;;;;;2*+1;;+1;;-1/p-3/t23-;22-;18-;;;;;;;;;/m000........./s1. The largest absolute Gasteiger partial charge is 1.00 e. The number of carbonyl (C=O) groups is 4. The fourth-order valence-corrected chi connectivity index (χ4v) is 16.2. The maximum absolute atomic E-state index is 12.2. The first kappa shape index (κ1) is 108. The summed E-state index contributed by atoms with van der Waals surface area (Å²) in [5, 5.41) is 38.9. The van der Waals surface area contributed by atoms with Gasteiger partial charge in [-0.2, -0.15) is 20.6 Å². The molecular formula is C89H107BrCs2ILiN19O16-. The Bertz CT molecular complexity index is 5680. The predicted octanol–water partition coefficient (Wildman–Crippen LogP) is -1.78. The quantitative estimate of drug-likeness (QED) is 0.0115. The summed E-state index contributed by atoms with van der Waals surface area (Å²) in [5.74, 6) is 3.76. The van der Waals surface area contributed by atoms with Crippen LogP contribution in [-0.4, -0.2) is 214 Å². The van der Waals surface area contributed by atoms with Crippen molar-refractivity contribution in [2.75, 3.05) is 73.3 Å². The Morgan fingerprint density at radius 1 is 0.543 bits per heavy atom. The van der Waals surface area contributed by atoms with Crippen molar-refractivity contribution in [1.82, 2.24) is 87.6 Å². The molecule has 6 aliphatic heterocycles. The second-order valence-electron chi connectivity index (χ2n) is 31.2. The maximum Gasteiger partial charge on any atom is 1.00 e. The van der Waals surface area contributed by atoms with E-state index in [1.165, 1.54) is 21.1 Å². The number of aromatic nitrogens is 15. The monoisotopic (exact) mass is 2180 g/mol. The first-order chi connectivity index (χ1) is 60.3. The molecule has 6 fully saturated rings. The van der Waals surface area contributed by atoms with Gasteiger partial charge in [-0.05, 0) is 188 Å². The molecule has 3 N–H and O–H groups in total. The summed E-state index contributed by atoms with van der Waals surface area (Å²) in [7, 11) is 8.50. The second-order valence-corrected chi connectivity index (χ2v) is 31.7. The van der Waals surface area contributed by atoms with Crippen LogP contribution in [-0.2, 0) is 112 Å². The molecule has 0 saturated carbocycles. The summed E-state index contributed by atoms with van der Waals surface area (Å²) in [6.45, 7) is 14.5. The van der Waals surface area contributed by atoms with Gasteiger partial charge in [-0.25, -0.2) is 39.3 Å². The number of hydrogen-bond acceptors (Lipinski definition) is 27. The van der Waals surface area contributed by atoms with Crippen molar-refractivity contribution in [1.29, 1.82) is 5.26 Å². The van der Waals surface area contributed by atoms with Crippen molar-refractivity contribution in [2.24, 2.45) is 21.1 Å². The van der Waals surface area contributed by atoms with Gasteiger partial charge in [0.1, 0.15) is 30.7 Å². The van der Waals surface area contributed by atoms with Crippen LogP contribution in [0, 0.1) is 11.3 Å². The number of nitriles is 1. The Kier molecular flexibility index (Phi) is 45.3. The average molecular weight is 2180 g/mol. The molecule has 129 heavy (non-hydrogen) atoms. The van der Waals surface area contributed by atoms with Gasteiger partial charge in [0.05, 0.1) is 145 Å². The van der Waals surface area contributed by atoms with Gasteiger partial charge >= 0.3 is 175 Å². The van der Waals surface area contributed by atoms with Crippen molar-refractivity contribution < 1.29 is 255 Å². The molecule has 3 aromatic carbocycles. The number of aromatic amines is 1. The van der Waals surface area contributed by atoms with Crippen LogP contribution in [0.15, 0.2) is 151 Å².